The Balaban J connectivity index is 1.84. The molecule has 1 saturated heterocycles. The van der Waals surface area contributed by atoms with Crippen LogP contribution in [0, 0.1) is 6.92 Å². The van der Waals surface area contributed by atoms with Crippen LogP contribution < -0.4 is 15.4 Å². The van der Waals surface area contributed by atoms with Crippen LogP contribution in [0.25, 0.3) is 0 Å². The topological polar surface area (TPSA) is 58.1 Å². The average Bonchev–Trinajstić information content (AvgIpc) is 2.66. The van der Waals surface area contributed by atoms with Crippen LogP contribution in [0.3, 0.4) is 0 Å². The van der Waals surface area contributed by atoms with Crippen molar-refractivity contribution in [3.63, 3.8) is 0 Å². The lowest BCUT2D eigenvalue weighted by Gasteiger charge is -2.43. The van der Waals surface area contributed by atoms with Gasteiger partial charge in [0.1, 0.15) is 5.75 Å². The van der Waals surface area contributed by atoms with Crippen molar-refractivity contribution in [3.05, 3.63) is 29.3 Å². The van der Waals surface area contributed by atoms with E-state index in [1.54, 1.807) is 7.11 Å². The van der Waals surface area contributed by atoms with Gasteiger partial charge in [-0.2, -0.15) is 0 Å². The number of rotatable bonds is 7. The minimum atomic E-state index is 0.125. The van der Waals surface area contributed by atoms with Crippen molar-refractivity contribution >= 4 is 5.96 Å². The Morgan fingerprint density at radius 2 is 2.00 bits per heavy atom. The SMILES string of the molecule is CN=C(NCCc1ccc(C)c(OC)c1)NCC1(N(C)C)CCOCC1. The summed E-state index contributed by atoms with van der Waals surface area (Å²) in [4.78, 5) is 6.68. The zero-order valence-corrected chi connectivity index (χ0v) is 16.9. The number of guanidine groups is 1. The fraction of sp³-hybridized carbons (Fsp3) is 0.650. The number of ether oxygens (including phenoxy) is 2. The highest BCUT2D eigenvalue weighted by atomic mass is 16.5. The molecule has 0 unspecified atom stereocenters. The number of hydrogen-bond donors (Lipinski definition) is 2. The molecule has 1 aliphatic heterocycles. The fourth-order valence-electron chi connectivity index (χ4n) is 3.35. The second-order valence-electron chi connectivity index (χ2n) is 7.14. The molecule has 1 aliphatic rings. The smallest absolute Gasteiger partial charge is 0.191 e. The van der Waals surface area contributed by atoms with Crippen molar-refractivity contribution in [1.29, 1.82) is 0 Å². The molecular formula is C20H34N4O2. The summed E-state index contributed by atoms with van der Waals surface area (Å²) in [5.41, 5.74) is 2.54. The van der Waals surface area contributed by atoms with Gasteiger partial charge in [-0.1, -0.05) is 12.1 Å². The number of nitrogens with zero attached hydrogens (tertiary/aromatic N) is 2. The lowest BCUT2D eigenvalue weighted by Crippen LogP contribution is -2.57. The van der Waals surface area contributed by atoms with Gasteiger partial charge in [-0.25, -0.2) is 0 Å². The second kappa shape index (κ2) is 9.78. The Kier molecular flexibility index (Phi) is 7.72. The average molecular weight is 363 g/mol. The van der Waals surface area contributed by atoms with E-state index in [9.17, 15) is 0 Å². The maximum Gasteiger partial charge on any atom is 0.191 e. The van der Waals surface area contributed by atoms with Gasteiger partial charge < -0.3 is 25.0 Å². The number of benzene rings is 1. The maximum absolute atomic E-state index is 5.54. The van der Waals surface area contributed by atoms with Gasteiger partial charge in [0.05, 0.1) is 7.11 Å². The molecule has 0 bridgehead atoms. The molecule has 26 heavy (non-hydrogen) atoms. The number of nitrogens with one attached hydrogen (secondary N) is 2. The first-order chi connectivity index (χ1) is 12.5. The fourth-order valence-corrected chi connectivity index (χ4v) is 3.35. The van der Waals surface area contributed by atoms with E-state index >= 15 is 0 Å². The van der Waals surface area contributed by atoms with E-state index in [-0.39, 0.29) is 5.54 Å². The molecule has 0 spiro atoms. The zero-order chi connectivity index (χ0) is 19.0. The molecule has 2 N–H and O–H groups in total. The summed E-state index contributed by atoms with van der Waals surface area (Å²) >= 11 is 0. The Morgan fingerprint density at radius 1 is 1.27 bits per heavy atom. The summed E-state index contributed by atoms with van der Waals surface area (Å²) in [7, 11) is 7.82. The quantitative estimate of drug-likeness (QED) is 0.572. The Hall–Kier alpha value is -1.79. The molecule has 1 aromatic carbocycles. The second-order valence-corrected chi connectivity index (χ2v) is 7.14. The summed E-state index contributed by atoms with van der Waals surface area (Å²) in [6.07, 6.45) is 2.99. The molecule has 2 rings (SSSR count). The van der Waals surface area contributed by atoms with Crippen molar-refractivity contribution in [1.82, 2.24) is 15.5 Å². The first-order valence-electron chi connectivity index (χ1n) is 9.34. The van der Waals surface area contributed by atoms with Gasteiger partial charge in [0.15, 0.2) is 5.96 Å². The van der Waals surface area contributed by atoms with Gasteiger partial charge in [-0.15, -0.1) is 0 Å². The number of aryl methyl sites for hydroxylation is 1. The van der Waals surface area contributed by atoms with E-state index in [4.69, 9.17) is 9.47 Å². The number of hydrogen-bond acceptors (Lipinski definition) is 4. The van der Waals surface area contributed by atoms with E-state index in [1.807, 2.05) is 7.05 Å². The first kappa shape index (κ1) is 20.5. The molecule has 6 heteroatoms. The molecule has 0 atom stereocenters. The normalized spacial score (nSPS) is 17.2. The molecular weight excluding hydrogens is 328 g/mol. The highest BCUT2D eigenvalue weighted by molar-refractivity contribution is 5.79. The van der Waals surface area contributed by atoms with Crippen molar-refractivity contribution in [3.8, 4) is 5.75 Å². The largest absolute Gasteiger partial charge is 0.496 e. The van der Waals surface area contributed by atoms with E-state index in [0.717, 1.165) is 62.8 Å². The minimum Gasteiger partial charge on any atom is -0.496 e. The summed E-state index contributed by atoms with van der Waals surface area (Å²) in [5.74, 6) is 1.79. The van der Waals surface area contributed by atoms with Crippen LogP contribution >= 0.6 is 0 Å². The molecule has 0 aliphatic carbocycles. The lowest BCUT2D eigenvalue weighted by atomic mass is 9.88. The summed E-state index contributed by atoms with van der Waals surface area (Å²) < 4.78 is 10.9. The van der Waals surface area contributed by atoms with Crippen molar-refractivity contribution in [2.45, 2.75) is 31.7 Å². The van der Waals surface area contributed by atoms with Crippen LogP contribution in [0.2, 0.25) is 0 Å². The number of likely N-dealkylation sites (N-methyl/N-ethyl adjacent to an activating group) is 1. The Morgan fingerprint density at radius 3 is 2.62 bits per heavy atom. The van der Waals surface area contributed by atoms with Crippen LogP contribution in [-0.4, -0.2) is 71.0 Å². The van der Waals surface area contributed by atoms with Crippen molar-refractivity contribution in [2.24, 2.45) is 4.99 Å². The van der Waals surface area contributed by atoms with E-state index in [0.29, 0.717) is 0 Å². The summed E-state index contributed by atoms with van der Waals surface area (Å²) in [6.45, 7) is 5.39. The predicted octanol–water partition coefficient (Wildman–Crippen LogP) is 1.82. The third-order valence-electron chi connectivity index (χ3n) is 5.36. The van der Waals surface area contributed by atoms with Crippen LogP contribution in [0.5, 0.6) is 5.75 Å². The van der Waals surface area contributed by atoms with Crippen LogP contribution in [0.4, 0.5) is 0 Å². The predicted molar refractivity (Wildman–Crippen MR) is 107 cm³/mol. The van der Waals surface area contributed by atoms with E-state index in [2.05, 4.69) is 59.7 Å². The molecule has 6 nitrogen and oxygen atoms in total. The van der Waals surface area contributed by atoms with Gasteiger partial charge in [0, 0.05) is 38.9 Å². The van der Waals surface area contributed by atoms with Crippen molar-refractivity contribution < 1.29 is 9.47 Å². The third kappa shape index (κ3) is 5.35. The lowest BCUT2D eigenvalue weighted by molar-refractivity contribution is -0.00501. The van der Waals surface area contributed by atoms with Gasteiger partial charge in [-0.3, -0.25) is 4.99 Å². The van der Waals surface area contributed by atoms with Crippen LogP contribution in [-0.2, 0) is 11.2 Å². The zero-order valence-electron chi connectivity index (χ0n) is 16.9. The molecule has 1 aromatic rings. The molecule has 0 radical (unpaired) electrons. The van der Waals surface area contributed by atoms with Crippen LogP contribution in [0.15, 0.2) is 23.2 Å². The van der Waals surface area contributed by atoms with Gasteiger partial charge in [0.25, 0.3) is 0 Å². The van der Waals surface area contributed by atoms with Gasteiger partial charge in [-0.05, 0) is 57.5 Å². The molecule has 0 amide bonds. The molecule has 1 fully saturated rings. The minimum absolute atomic E-state index is 0.125. The van der Waals surface area contributed by atoms with Crippen LogP contribution in [0.1, 0.15) is 24.0 Å². The monoisotopic (exact) mass is 362 g/mol. The summed E-state index contributed by atoms with van der Waals surface area (Å²) in [5, 5.41) is 6.91. The van der Waals surface area contributed by atoms with Crippen molar-refractivity contribution in [2.75, 3.05) is 54.6 Å². The molecule has 1 heterocycles. The maximum atomic E-state index is 5.54. The Bertz CT molecular complexity index is 595. The van der Waals surface area contributed by atoms with E-state index < -0.39 is 0 Å². The first-order valence-corrected chi connectivity index (χ1v) is 9.34. The van der Waals surface area contributed by atoms with Gasteiger partial charge >= 0.3 is 0 Å². The standard InChI is InChI=1S/C20H34N4O2/c1-16-6-7-17(14-18(16)25-5)8-11-22-19(21-2)23-15-20(24(3)4)9-12-26-13-10-20/h6-7,14H,8-13,15H2,1-5H3,(H2,21,22,23). The Labute approximate surface area is 158 Å². The highest BCUT2D eigenvalue weighted by Crippen LogP contribution is 2.25. The van der Waals surface area contributed by atoms with Gasteiger partial charge in [0.2, 0.25) is 0 Å². The highest BCUT2D eigenvalue weighted by Gasteiger charge is 2.34. The number of aliphatic imine (C=N–C) groups is 1. The summed E-state index contributed by atoms with van der Waals surface area (Å²) in [6, 6.07) is 6.36. The number of methoxy groups -OCH3 is 1. The van der Waals surface area contributed by atoms with E-state index in [1.165, 1.54) is 5.56 Å². The molecule has 146 valence electrons. The molecule has 0 saturated carbocycles. The molecule has 0 aromatic heterocycles. The third-order valence-corrected chi connectivity index (χ3v) is 5.36.